The van der Waals surface area contributed by atoms with Crippen LogP contribution in [0.5, 0.6) is 0 Å². The Kier molecular flexibility index (Phi) is 11.2. The topological polar surface area (TPSA) is 54.4 Å². The fraction of sp³-hybridized carbons (Fsp3) is 0.636. The van der Waals surface area contributed by atoms with Gasteiger partial charge in [-0.1, -0.05) is 17.7 Å². The van der Waals surface area contributed by atoms with E-state index in [1.807, 2.05) is 23.1 Å². The molecule has 9 heteroatoms. The minimum atomic E-state index is 0. The zero-order valence-electron chi connectivity index (χ0n) is 18.7. The summed E-state index contributed by atoms with van der Waals surface area (Å²) in [7, 11) is 0. The summed E-state index contributed by atoms with van der Waals surface area (Å²) in [5, 5.41) is 4.20. The van der Waals surface area contributed by atoms with Crippen molar-refractivity contribution in [2.24, 2.45) is 4.99 Å². The summed E-state index contributed by atoms with van der Waals surface area (Å²) in [4.78, 5) is 25.5. The monoisotopic (exact) mass is 562 g/mol. The highest BCUT2D eigenvalue weighted by Gasteiger charge is 2.21. The van der Waals surface area contributed by atoms with E-state index in [-0.39, 0.29) is 29.9 Å². The summed E-state index contributed by atoms with van der Waals surface area (Å²) in [5.74, 6) is 1.14. The van der Waals surface area contributed by atoms with Crippen molar-refractivity contribution in [3.8, 4) is 0 Å². The second-order valence-corrected chi connectivity index (χ2v) is 8.33. The van der Waals surface area contributed by atoms with Gasteiger partial charge in [-0.15, -0.1) is 24.0 Å². The van der Waals surface area contributed by atoms with Gasteiger partial charge in [0.2, 0.25) is 5.91 Å². The molecule has 7 nitrogen and oxygen atoms in total. The van der Waals surface area contributed by atoms with Gasteiger partial charge in [0.1, 0.15) is 0 Å². The molecule has 0 bridgehead atoms. The predicted octanol–water partition coefficient (Wildman–Crippen LogP) is 2.60. The quantitative estimate of drug-likeness (QED) is 0.250. The van der Waals surface area contributed by atoms with Crippen LogP contribution < -0.4 is 10.2 Å². The van der Waals surface area contributed by atoms with Crippen molar-refractivity contribution >= 4 is 53.1 Å². The third-order valence-electron chi connectivity index (χ3n) is 5.80. The Morgan fingerprint density at radius 2 is 1.74 bits per heavy atom. The second-order valence-electron chi connectivity index (χ2n) is 7.89. The summed E-state index contributed by atoms with van der Waals surface area (Å²) in [6.45, 7) is 13.9. The first kappa shape index (κ1) is 26.0. The zero-order chi connectivity index (χ0) is 21.3. The van der Waals surface area contributed by atoms with Gasteiger partial charge in [-0.2, -0.15) is 0 Å². The average molecular weight is 563 g/mol. The number of benzene rings is 1. The summed E-state index contributed by atoms with van der Waals surface area (Å²) in [6.07, 6.45) is 1.06. The van der Waals surface area contributed by atoms with Crippen molar-refractivity contribution in [2.45, 2.75) is 20.3 Å². The number of carbonyl (C=O) groups excluding carboxylic acids is 1. The number of nitrogens with one attached hydrogen (secondary N) is 1. The van der Waals surface area contributed by atoms with E-state index in [9.17, 15) is 4.79 Å². The Bertz CT molecular complexity index is 718. The normalized spacial score (nSPS) is 18.0. The molecule has 1 aromatic rings. The van der Waals surface area contributed by atoms with Crippen molar-refractivity contribution in [1.29, 1.82) is 0 Å². The molecule has 0 spiro atoms. The lowest BCUT2D eigenvalue weighted by molar-refractivity contribution is -0.130. The summed E-state index contributed by atoms with van der Waals surface area (Å²) in [6, 6.07) is 8.12. The SMILES string of the molecule is CCNC(=NCCCN1CCN(c2cccc(Cl)c2)CC1)N1CCN(C(C)=O)CC1.I. The van der Waals surface area contributed by atoms with Gasteiger partial charge in [0.05, 0.1) is 0 Å². The zero-order valence-corrected chi connectivity index (χ0v) is 21.8. The van der Waals surface area contributed by atoms with Crippen LogP contribution >= 0.6 is 35.6 Å². The molecule has 31 heavy (non-hydrogen) atoms. The minimum Gasteiger partial charge on any atom is -0.369 e. The Hall–Kier alpha value is -1.26. The Labute approximate surface area is 208 Å². The lowest BCUT2D eigenvalue weighted by Crippen LogP contribution is -2.53. The number of carbonyl (C=O) groups is 1. The molecule has 1 N–H and O–H groups in total. The smallest absolute Gasteiger partial charge is 0.219 e. The average Bonchev–Trinajstić information content (AvgIpc) is 2.76. The molecule has 2 aliphatic heterocycles. The van der Waals surface area contributed by atoms with Gasteiger partial charge < -0.3 is 20.0 Å². The molecule has 0 atom stereocenters. The lowest BCUT2D eigenvalue weighted by Gasteiger charge is -2.36. The van der Waals surface area contributed by atoms with E-state index in [4.69, 9.17) is 16.6 Å². The molecule has 3 rings (SSSR count). The molecular formula is C22H36ClIN6O. The molecule has 2 heterocycles. The number of nitrogens with zero attached hydrogens (tertiary/aromatic N) is 5. The number of guanidine groups is 1. The van der Waals surface area contributed by atoms with Crippen LogP contribution in [0.15, 0.2) is 29.3 Å². The molecule has 2 fully saturated rings. The maximum Gasteiger partial charge on any atom is 0.219 e. The molecule has 0 aliphatic carbocycles. The first-order valence-electron chi connectivity index (χ1n) is 11.1. The van der Waals surface area contributed by atoms with Gasteiger partial charge >= 0.3 is 0 Å². The molecule has 1 aromatic carbocycles. The highest BCUT2D eigenvalue weighted by molar-refractivity contribution is 14.0. The van der Waals surface area contributed by atoms with E-state index < -0.39 is 0 Å². The third-order valence-corrected chi connectivity index (χ3v) is 6.03. The van der Waals surface area contributed by atoms with Gasteiger partial charge in [-0.3, -0.25) is 14.7 Å². The van der Waals surface area contributed by atoms with Crippen LogP contribution in [0, 0.1) is 0 Å². The van der Waals surface area contributed by atoms with Gasteiger partial charge in [0.15, 0.2) is 5.96 Å². The van der Waals surface area contributed by atoms with Gasteiger partial charge in [0, 0.05) is 89.6 Å². The number of hydrogen-bond acceptors (Lipinski definition) is 4. The molecule has 0 aromatic heterocycles. The van der Waals surface area contributed by atoms with E-state index in [0.717, 1.165) is 89.4 Å². The Morgan fingerprint density at radius 3 is 2.35 bits per heavy atom. The fourth-order valence-electron chi connectivity index (χ4n) is 4.04. The van der Waals surface area contributed by atoms with Crippen LogP contribution in [0.4, 0.5) is 5.69 Å². The number of anilines is 1. The number of amides is 1. The van der Waals surface area contributed by atoms with Crippen molar-refractivity contribution in [2.75, 3.05) is 76.9 Å². The minimum absolute atomic E-state index is 0. The third kappa shape index (κ3) is 7.98. The van der Waals surface area contributed by atoms with Gasteiger partial charge in [-0.25, -0.2) is 0 Å². The largest absolute Gasteiger partial charge is 0.369 e. The lowest BCUT2D eigenvalue weighted by atomic mass is 10.2. The standard InChI is InChI=1S/C22H35ClN6O.HI/c1-3-24-22(29-16-14-27(15-17-29)19(2)30)25-8-5-9-26-10-12-28(13-11-26)21-7-4-6-20(23)18-21;/h4,6-7,18H,3,5,8-17H2,1-2H3,(H,24,25);1H. The molecule has 1 amide bonds. The number of rotatable bonds is 6. The highest BCUT2D eigenvalue weighted by atomic mass is 127. The number of hydrogen-bond donors (Lipinski definition) is 1. The van der Waals surface area contributed by atoms with Crippen LogP contribution in [0.2, 0.25) is 5.02 Å². The molecule has 0 radical (unpaired) electrons. The van der Waals surface area contributed by atoms with Crippen molar-refractivity contribution < 1.29 is 4.79 Å². The molecule has 174 valence electrons. The first-order chi connectivity index (χ1) is 14.6. The summed E-state index contributed by atoms with van der Waals surface area (Å²) >= 11 is 6.13. The van der Waals surface area contributed by atoms with E-state index in [0.29, 0.717) is 0 Å². The Balaban J connectivity index is 0.00000341. The van der Waals surface area contributed by atoms with E-state index in [2.05, 4.69) is 33.0 Å². The fourth-order valence-corrected chi connectivity index (χ4v) is 4.23. The van der Waals surface area contributed by atoms with Crippen LogP contribution in [-0.2, 0) is 4.79 Å². The number of halogens is 2. The molecule has 2 saturated heterocycles. The Morgan fingerprint density at radius 1 is 1.06 bits per heavy atom. The molecular weight excluding hydrogens is 527 g/mol. The number of piperazine rings is 2. The number of aliphatic imine (C=N–C) groups is 1. The highest BCUT2D eigenvalue weighted by Crippen LogP contribution is 2.20. The maximum absolute atomic E-state index is 11.5. The molecule has 2 aliphatic rings. The van der Waals surface area contributed by atoms with E-state index in [1.54, 1.807) is 6.92 Å². The van der Waals surface area contributed by atoms with Gasteiger partial charge in [0.25, 0.3) is 0 Å². The van der Waals surface area contributed by atoms with Crippen LogP contribution in [0.3, 0.4) is 0 Å². The summed E-state index contributed by atoms with van der Waals surface area (Å²) < 4.78 is 0. The van der Waals surface area contributed by atoms with Crippen molar-refractivity contribution in [3.05, 3.63) is 29.3 Å². The first-order valence-corrected chi connectivity index (χ1v) is 11.5. The van der Waals surface area contributed by atoms with Crippen LogP contribution in [0.25, 0.3) is 0 Å². The summed E-state index contributed by atoms with van der Waals surface area (Å²) in [5.41, 5.74) is 1.21. The van der Waals surface area contributed by atoms with Crippen LogP contribution in [0.1, 0.15) is 20.3 Å². The molecule has 0 saturated carbocycles. The van der Waals surface area contributed by atoms with Crippen molar-refractivity contribution in [1.82, 2.24) is 20.0 Å². The van der Waals surface area contributed by atoms with E-state index >= 15 is 0 Å². The predicted molar refractivity (Wildman–Crippen MR) is 140 cm³/mol. The maximum atomic E-state index is 11.5. The van der Waals surface area contributed by atoms with Crippen LogP contribution in [-0.4, -0.2) is 98.6 Å². The van der Waals surface area contributed by atoms with Crippen molar-refractivity contribution in [3.63, 3.8) is 0 Å². The van der Waals surface area contributed by atoms with Gasteiger partial charge in [-0.05, 0) is 31.5 Å². The second kappa shape index (κ2) is 13.3. The van der Waals surface area contributed by atoms with E-state index in [1.165, 1.54) is 5.69 Å². The molecule has 0 unspecified atom stereocenters.